The zero-order valence-corrected chi connectivity index (χ0v) is 13.7. The van der Waals surface area contributed by atoms with Gasteiger partial charge in [0.2, 0.25) is 0 Å². The van der Waals surface area contributed by atoms with Gasteiger partial charge in [-0.05, 0) is 55.1 Å². The quantitative estimate of drug-likeness (QED) is 0.846. The Balaban J connectivity index is 1.82. The summed E-state index contributed by atoms with van der Waals surface area (Å²) in [5.41, 5.74) is 1.50. The molecule has 3 nitrogen and oxygen atoms in total. The van der Waals surface area contributed by atoms with E-state index in [-0.39, 0.29) is 12.5 Å². The summed E-state index contributed by atoms with van der Waals surface area (Å²) in [4.78, 5) is 4.36. The van der Waals surface area contributed by atoms with Gasteiger partial charge >= 0.3 is 0 Å². The van der Waals surface area contributed by atoms with Gasteiger partial charge in [0.1, 0.15) is 0 Å². The van der Waals surface area contributed by atoms with Gasteiger partial charge in [-0.15, -0.1) is 0 Å². The van der Waals surface area contributed by atoms with Crippen molar-refractivity contribution in [2.24, 2.45) is 17.3 Å². The number of aliphatic hydroxyl groups excluding tert-OH is 1. The first-order chi connectivity index (χ1) is 9.98. The Bertz CT molecular complexity index is 418. The molecular formula is C18H30N2O. The zero-order valence-electron chi connectivity index (χ0n) is 13.7. The number of nitrogens with one attached hydrogen (secondary N) is 1. The van der Waals surface area contributed by atoms with E-state index in [2.05, 4.69) is 31.1 Å². The highest BCUT2D eigenvalue weighted by Crippen LogP contribution is 2.38. The van der Waals surface area contributed by atoms with E-state index in [4.69, 9.17) is 0 Å². The molecule has 0 amide bonds. The molecule has 1 aromatic heterocycles. The molecule has 3 heteroatoms. The molecule has 0 bridgehead atoms. The summed E-state index contributed by atoms with van der Waals surface area (Å²) >= 11 is 0. The molecule has 0 saturated heterocycles. The fourth-order valence-electron chi connectivity index (χ4n) is 3.85. The molecule has 2 N–H and O–H groups in total. The van der Waals surface area contributed by atoms with Crippen molar-refractivity contribution in [2.75, 3.05) is 13.2 Å². The fourth-order valence-corrected chi connectivity index (χ4v) is 3.85. The van der Waals surface area contributed by atoms with Crippen molar-refractivity contribution < 1.29 is 5.11 Å². The Morgan fingerprint density at radius 1 is 1.38 bits per heavy atom. The van der Waals surface area contributed by atoms with Crippen LogP contribution in [0.1, 0.15) is 45.7 Å². The minimum atomic E-state index is 0.218. The average molecular weight is 290 g/mol. The van der Waals surface area contributed by atoms with Crippen LogP contribution in [0.2, 0.25) is 0 Å². The third-order valence-corrected chi connectivity index (χ3v) is 4.56. The second-order valence-electron chi connectivity index (χ2n) is 7.59. The summed E-state index contributed by atoms with van der Waals surface area (Å²) in [7, 11) is 0. The van der Waals surface area contributed by atoms with E-state index in [1.54, 1.807) is 0 Å². The Hall–Kier alpha value is -0.930. The highest BCUT2D eigenvalue weighted by atomic mass is 16.3. The SMILES string of the molecule is CC1CC(NCC(CO)Cc2ccccn2)CC(C)(C)C1. The number of rotatable bonds is 6. The van der Waals surface area contributed by atoms with E-state index in [1.807, 2.05) is 24.4 Å². The van der Waals surface area contributed by atoms with Gasteiger partial charge < -0.3 is 10.4 Å². The molecule has 3 atom stereocenters. The van der Waals surface area contributed by atoms with Gasteiger partial charge in [0.05, 0.1) is 0 Å². The van der Waals surface area contributed by atoms with Crippen molar-refractivity contribution >= 4 is 0 Å². The molecule has 1 fully saturated rings. The summed E-state index contributed by atoms with van der Waals surface area (Å²) in [6.45, 7) is 8.19. The first kappa shape index (κ1) is 16.4. The first-order valence-electron chi connectivity index (χ1n) is 8.22. The van der Waals surface area contributed by atoms with E-state index in [9.17, 15) is 5.11 Å². The zero-order chi connectivity index (χ0) is 15.3. The number of hydrogen-bond acceptors (Lipinski definition) is 3. The van der Waals surface area contributed by atoms with E-state index in [0.29, 0.717) is 11.5 Å². The van der Waals surface area contributed by atoms with E-state index in [1.165, 1.54) is 19.3 Å². The van der Waals surface area contributed by atoms with Crippen LogP contribution in [0, 0.1) is 17.3 Å². The second-order valence-corrected chi connectivity index (χ2v) is 7.59. The maximum atomic E-state index is 9.60. The maximum Gasteiger partial charge on any atom is 0.0475 e. The van der Waals surface area contributed by atoms with Crippen LogP contribution in [0.5, 0.6) is 0 Å². The lowest BCUT2D eigenvalue weighted by atomic mass is 9.70. The van der Waals surface area contributed by atoms with Crippen LogP contribution in [0.25, 0.3) is 0 Å². The van der Waals surface area contributed by atoms with Crippen molar-refractivity contribution in [3.63, 3.8) is 0 Å². The molecule has 1 aliphatic rings. The van der Waals surface area contributed by atoms with Gasteiger partial charge in [0.25, 0.3) is 0 Å². The standard InChI is InChI=1S/C18H30N2O/c1-14-8-17(11-18(2,3)10-14)20-12-15(13-21)9-16-6-4-5-7-19-16/h4-7,14-15,17,20-21H,8-13H2,1-3H3. The molecule has 1 aliphatic carbocycles. The molecule has 0 aromatic carbocycles. The lowest BCUT2D eigenvalue weighted by Gasteiger charge is -2.39. The molecule has 1 aromatic rings. The molecular weight excluding hydrogens is 260 g/mol. The molecule has 1 heterocycles. The van der Waals surface area contributed by atoms with Crippen LogP contribution in [0.3, 0.4) is 0 Å². The molecule has 1 saturated carbocycles. The van der Waals surface area contributed by atoms with Crippen LogP contribution >= 0.6 is 0 Å². The van der Waals surface area contributed by atoms with Crippen molar-refractivity contribution in [3.05, 3.63) is 30.1 Å². The number of pyridine rings is 1. The van der Waals surface area contributed by atoms with Crippen molar-refractivity contribution in [3.8, 4) is 0 Å². The van der Waals surface area contributed by atoms with Gasteiger partial charge in [-0.2, -0.15) is 0 Å². The minimum absolute atomic E-state index is 0.218. The second kappa shape index (κ2) is 7.37. The van der Waals surface area contributed by atoms with Crippen LogP contribution in [-0.2, 0) is 6.42 Å². The summed E-state index contributed by atoms with van der Waals surface area (Å²) in [5, 5.41) is 13.3. The number of nitrogens with zero attached hydrogens (tertiary/aromatic N) is 1. The highest BCUT2D eigenvalue weighted by molar-refractivity contribution is 5.04. The Kier molecular flexibility index (Phi) is 5.77. The van der Waals surface area contributed by atoms with Gasteiger partial charge in [0, 0.05) is 31.1 Å². The Morgan fingerprint density at radius 3 is 2.81 bits per heavy atom. The summed E-state index contributed by atoms with van der Waals surface area (Å²) in [5.74, 6) is 1.04. The topological polar surface area (TPSA) is 45.1 Å². The smallest absolute Gasteiger partial charge is 0.0475 e. The first-order valence-corrected chi connectivity index (χ1v) is 8.22. The van der Waals surface area contributed by atoms with Crippen molar-refractivity contribution in [1.82, 2.24) is 10.3 Å². The molecule has 118 valence electrons. The van der Waals surface area contributed by atoms with E-state index < -0.39 is 0 Å². The number of aliphatic hydroxyl groups is 1. The average Bonchev–Trinajstić information content (AvgIpc) is 2.42. The van der Waals surface area contributed by atoms with Gasteiger partial charge in [-0.25, -0.2) is 0 Å². The lowest BCUT2D eigenvalue weighted by Crippen LogP contribution is -2.42. The highest BCUT2D eigenvalue weighted by Gasteiger charge is 2.31. The molecule has 0 aliphatic heterocycles. The van der Waals surface area contributed by atoms with Gasteiger partial charge in [-0.1, -0.05) is 26.8 Å². The third-order valence-electron chi connectivity index (χ3n) is 4.56. The predicted molar refractivity (Wildman–Crippen MR) is 87.1 cm³/mol. The monoisotopic (exact) mass is 290 g/mol. The largest absolute Gasteiger partial charge is 0.396 e. The van der Waals surface area contributed by atoms with Gasteiger partial charge in [-0.3, -0.25) is 4.98 Å². The van der Waals surface area contributed by atoms with Crippen molar-refractivity contribution in [2.45, 2.75) is 52.5 Å². The fraction of sp³-hybridized carbons (Fsp3) is 0.722. The molecule has 0 spiro atoms. The van der Waals surface area contributed by atoms with Crippen LogP contribution in [-0.4, -0.2) is 29.3 Å². The molecule has 2 rings (SSSR count). The summed E-state index contributed by atoms with van der Waals surface area (Å²) in [6, 6.07) is 6.56. The Labute approximate surface area is 129 Å². The van der Waals surface area contributed by atoms with Crippen molar-refractivity contribution in [1.29, 1.82) is 0 Å². The van der Waals surface area contributed by atoms with E-state index >= 15 is 0 Å². The number of hydrogen-bond donors (Lipinski definition) is 2. The van der Waals surface area contributed by atoms with Crippen LogP contribution in [0.15, 0.2) is 24.4 Å². The van der Waals surface area contributed by atoms with Gasteiger partial charge in [0.15, 0.2) is 0 Å². The molecule has 0 radical (unpaired) electrons. The summed E-state index contributed by atoms with van der Waals surface area (Å²) < 4.78 is 0. The third kappa shape index (κ3) is 5.40. The van der Waals surface area contributed by atoms with Crippen LogP contribution < -0.4 is 5.32 Å². The Morgan fingerprint density at radius 2 is 2.19 bits per heavy atom. The minimum Gasteiger partial charge on any atom is -0.396 e. The normalized spacial score (nSPS) is 26.5. The number of aromatic nitrogens is 1. The summed E-state index contributed by atoms with van der Waals surface area (Å²) in [6.07, 6.45) is 6.48. The predicted octanol–water partition coefficient (Wildman–Crippen LogP) is 3.04. The molecule has 21 heavy (non-hydrogen) atoms. The molecule has 3 unspecified atom stereocenters. The maximum absolute atomic E-state index is 9.60. The lowest BCUT2D eigenvalue weighted by molar-refractivity contribution is 0.142. The van der Waals surface area contributed by atoms with Crippen LogP contribution in [0.4, 0.5) is 0 Å². The van der Waals surface area contributed by atoms with E-state index in [0.717, 1.165) is 24.6 Å².